The van der Waals surface area contributed by atoms with Crippen LogP contribution >= 0.6 is 22.6 Å². The van der Waals surface area contributed by atoms with Gasteiger partial charge in [0.2, 0.25) is 10.0 Å². The first-order chi connectivity index (χ1) is 8.56. The Morgan fingerprint density at radius 3 is 2.50 bits per heavy atom. The van der Waals surface area contributed by atoms with Crippen molar-refractivity contribution in [2.75, 3.05) is 19.8 Å². The van der Waals surface area contributed by atoms with Crippen LogP contribution in [-0.4, -0.2) is 28.2 Å². The van der Waals surface area contributed by atoms with E-state index in [-0.39, 0.29) is 0 Å². The van der Waals surface area contributed by atoms with Crippen molar-refractivity contribution in [2.24, 2.45) is 0 Å². The van der Waals surface area contributed by atoms with E-state index in [2.05, 4.69) is 27.3 Å². The van der Waals surface area contributed by atoms with Gasteiger partial charge in [0, 0.05) is 23.3 Å². The van der Waals surface area contributed by atoms with E-state index in [1.165, 1.54) is 0 Å². The fourth-order valence-corrected chi connectivity index (χ4v) is 2.76. The van der Waals surface area contributed by atoms with Gasteiger partial charge in [-0.25, -0.2) is 13.1 Å². The summed E-state index contributed by atoms with van der Waals surface area (Å²) in [6.07, 6.45) is 1.66. The first-order valence-corrected chi connectivity index (χ1v) is 8.45. The van der Waals surface area contributed by atoms with E-state index in [0.717, 1.165) is 16.6 Å². The van der Waals surface area contributed by atoms with E-state index < -0.39 is 10.0 Å². The van der Waals surface area contributed by atoms with E-state index in [4.69, 9.17) is 4.74 Å². The zero-order valence-electron chi connectivity index (χ0n) is 10.4. The maximum atomic E-state index is 11.9. The fourth-order valence-electron chi connectivity index (χ4n) is 1.32. The summed E-state index contributed by atoms with van der Waals surface area (Å²) < 4.78 is 32.6. The van der Waals surface area contributed by atoms with Gasteiger partial charge >= 0.3 is 0 Å². The summed E-state index contributed by atoms with van der Waals surface area (Å²) in [6, 6.07) is 6.77. The predicted octanol–water partition coefficient (Wildman–Crippen LogP) is 2.39. The molecule has 0 radical (unpaired) electrons. The van der Waals surface area contributed by atoms with Crippen molar-refractivity contribution >= 4 is 32.6 Å². The molecule has 1 aromatic rings. The molecule has 4 nitrogen and oxygen atoms in total. The highest BCUT2D eigenvalue weighted by molar-refractivity contribution is 14.1. The van der Waals surface area contributed by atoms with Crippen molar-refractivity contribution < 1.29 is 13.2 Å². The maximum absolute atomic E-state index is 11.9. The molecule has 0 amide bonds. The van der Waals surface area contributed by atoms with E-state index in [1.54, 1.807) is 24.3 Å². The molecule has 0 saturated heterocycles. The summed E-state index contributed by atoms with van der Waals surface area (Å²) in [6.45, 7) is 3.75. The van der Waals surface area contributed by atoms with Crippen LogP contribution < -0.4 is 4.72 Å². The van der Waals surface area contributed by atoms with Crippen LogP contribution in [-0.2, 0) is 14.8 Å². The minimum absolute atomic E-state index is 0.303. The molecule has 1 aromatic carbocycles. The molecule has 0 aliphatic heterocycles. The largest absolute Gasteiger partial charge is 0.381 e. The number of sulfonamides is 1. The van der Waals surface area contributed by atoms with Gasteiger partial charge < -0.3 is 4.74 Å². The molecule has 0 aliphatic carbocycles. The van der Waals surface area contributed by atoms with Gasteiger partial charge in [-0.05, 0) is 59.7 Å². The van der Waals surface area contributed by atoms with Crippen LogP contribution in [0.25, 0.3) is 0 Å². The molecule has 0 atom stereocenters. The molecule has 0 aliphatic rings. The van der Waals surface area contributed by atoms with Gasteiger partial charge in [-0.2, -0.15) is 0 Å². The molecule has 0 aromatic heterocycles. The lowest BCUT2D eigenvalue weighted by molar-refractivity contribution is 0.133. The second-order valence-corrected chi connectivity index (χ2v) is 6.83. The number of hydrogen-bond acceptors (Lipinski definition) is 3. The molecule has 0 saturated carbocycles. The lowest BCUT2D eigenvalue weighted by Gasteiger charge is -2.07. The molecule has 0 unspecified atom stereocenters. The Balaban J connectivity index is 2.38. The van der Waals surface area contributed by atoms with Crippen LogP contribution in [0.5, 0.6) is 0 Å². The Morgan fingerprint density at radius 2 is 1.89 bits per heavy atom. The Bertz CT molecular complexity index is 445. The average Bonchev–Trinajstić information content (AvgIpc) is 2.34. The second kappa shape index (κ2) is 8.08. The van der Waals surface area contributed by atoms with Gasteiger partial charge in [0.05, 0.1) is 4.90 Å². The van der Waals surface area contributed by atoms with E-state index in [9.17, 15) is 8.42 Å². The monoisotopic (exact) mass is 383 g/mol. The van der Waals surface area contributed by atoms with Crippen molar-refractivity contribution in [3.05, 3.63) is 27.8 Å². The lowest BCUT2D eigenvalue weighted by Crippen LogP contribution is -2.25. The smallest absolute Gasteiger partial charge is 0.240 e. The van der Waals surface area contributed by atoms with E-state index in [1.807, 2.05) is 6.92 Å². The molecule has 6 heteroatoms. The van der Waals surface area contributed by atoms with Crippen LogP contribution in [0.3, 0.4) is 0 Å². The van der Waals surface area contributed by atoms with Crippen LogP contribution in [0.1, 0.15) is 19.8 Å². The molecule has 1 rings (SSSR count). The number of hydrogen-bond donors (Lipinski definition) is 1. The van der Waals surface area contributed by atoms with Crippen molar-refractivity contribution in [1.29, 1.82) is 0 Å². The van der Waals surface area contributed by atoms with Gasteiger partial charge in [0.1, 0.15) is 0 Å². The third kappa shape index (κ3) is 5.64. The second-order valence-electron chi connectivity index (χ2n) is 3.82. The van der Waals surface area contributed by atoms with Crippen LogP contribution in [0.15, 0.2) is 29.2 Å². The summed E-state index contributed by atoms with van der Waals surface area (Å²) >= 11 is 2.14. The van der Waals surface area contributed by atoms with Gasteiger partial charge in [-0.3, -0.25) is 0 Å². The summed E-state index contributed by atoms with van der Waals surface area (Å²) in [5.41, 5.74) is 0. The maximum Gasteiger partial charge on any atom is 0.240 e. The van der Waals surface area contributed by atoms with Gasteiger partial charge in [-0.15, -0.1) is 0 Å². The van der Waals surface area contributed by atoms with Crippen LogP contribution in [0, 0.1) is 3.57 Å². The zero-order valence-corrected chi connectivity index (χ0v) is 13.3. The van der Waals surface area contributed by atoms with Gasteiger partial charge in [-0.1, -0.05) is 6.92 Å². The van der Waals surface area contributed by atoms with E-state index in [0.29, 0.717) is 24.5 Å². The highest BCUT2D eigenvalue weighted by Gasteiger charge is 2.12. The number of benzene rings is 1. The van der Waals surface area contributed by atoms with Crippen molar-refractivity contribution in [1.82, 2.24) is 4.72 Å². The summed E-state index contributed by atoms with van der Waals surface area (Å²) in [5, 5.41) is 0. The van der Waals surface area contributed by atoms with Gasteiger partial charge in [0.15, 0.2) is 0 Å². The van der Waals surface area contributed by atoms with Crippen molar-refractivity contribution in [3.8, 4) is 0 Å². The SMILES string of the molecule is CCCOCCCNS(=O)(=O)c1ccc(I)cc1. The number of rotatable bonds is 8. The topological polar surface area (TPSA) is 55.4 Å². The molecule has 0 spiro atoms. The Morgan fingerprint density at radius 1 is 1.22 bits per heavy atom. The molecule has 0 heterocycles. The normalized spacial score (nSPS) is 11.7. The third-order valence-corrected chi connectivity index (χ3v) is 4.43. The summed E-state index contributed by atoms with van der Waals surface area (Å²) in [7, 11) is -3.38. The molecule has 18 heavy (non-hydrogen) atoms. The minimum Gasteiger partial charge on any atom is -0.381 e. The number of ether oxygens (including phenoxy) is 1. The van der Waals surface area contributed by atoms with Gasteiger partial charge in [0.25, 0.3) is 0 Å². The van der Waals surface area contributed by atoms with E-state index >= 15 is 0 Å². The lowest BCUT2D eigenvalue weighted by atomic mass is 10.4. The molecular formula is C12H18INO3S. The molecule has 0 fully saturated rings. The Labute approximate surface area is 122 Å². The quantitative estimate of drug-likeness (QED) is 0.554. The third-order valence-electron chi connectivity index (χ3n) is 2.23. The Hall–Kier alpha value is -0.180. The average molecular weight is 383 g/mol. The molecule has 1 N–H and O–H groups in total. The number of halogens is 1. The van der Waals surface area contributed by atoms with Crippen molar-refractivity contribution in [3.63, 3.8) is 0 Å². The molecule has 102 valence electrons. The number of nitrogens with one attached hydrogen (secondary N) is 1. The predicted molar refractivity (Wildman–Crippen MR) is 80.1 cm³/mol. The fraction of sp³-hybridized carbons (Fsp3) is 0.500. The van der Waals surface area contributed by atoms with Crippen molar-refractivity contribution in [2.45, 2.75) is 24.7 Å². The molecular weight excluding hydrogens is 365 g/mol. The minimum atomic E-state index is -3.38. The summed E-state index contributed by atoms with van der Waals surface area (Å²) in [4.78, 5) is 0.303. The summed E-state index contributed by atoms with van der Waals surface area (Å²) in [5.74, 6) is 0. The Kier molecular flexibility index (Phi) is 7.13. The molecule has 0 bridgehead atoms. The zero-order chi connectivity index (χ0) is 13.4. The highest BCUT2D eigenvalue weighted by atomic mass is 127. The van der Waals surface area contributed by atoms with Crippen LogP contribution in [0.2, 0.25) is 0 Å². The first kappa shape index (κ1) is 15.9. The first-order valence-electron chi connectivity index (χ1n) is 5.89. The highest BCUT2D eigenvalue weighted by Crippen LogP contribution is 2.11. The van der Waals surface area contributed by atoms with Crippen LogP contribution in [0.4, 0.5) is 0 Å². The standard InChI is InChI=1S/C12H18INO3S/c1-2-9-17-10-3-8-14-18(15,16)12-6-4-11(13)5-7-12/h4-7,14H,2-3,8-10H2,1H3.